The number of anilines is 2. The fraction of sp³-hybridized carbons (Fsp3) is 0.292. The Balaban J connectivity index is 1.35. The molecule has 0 bridgehead atoms. The van der Waals surface area contributed by atoms with Gasteiger partial charge in [-0.3, -0.25) is 0 Å². The number of benzene rings is 2. The van der Waals surface area contributed by atoms with Gasteiger partial charge in [-0.2, -0.15) is 0 Å². The molecule has 3 N–H and O–H groups in total. The van der Waals surface area contributed by atoms with Crippen LogP contribution in [0.4, 0.5) is 11.4 Å². The van der Waals surface area contributed by atoms with Crippen LogP contribution in [0.3, 0.4) is 0 Å². The molecule has 0 spiro atoms. The Kier molecular flexibility index (Phi) is 5.43. The van der Waals surface area contributed by atoms with Crippen molar-refractivity contribution in [1.82, 2.24) is 4.90 Å². The Labute approximate surface area is 181 Å². The largest absolute Gasteiger partial charge is 0.508 e. The van der Waals surface area contributed by atoms with Gasteiger partial charge in [-0.1, -0.05) is 30.3 Å². The van der Waals surface area contributed by atoms with E-state index in [-0.39, 0.29) is 5.75 Å². The third-order valence-corrected chi connectivity index (χ3v) is 6.88. The fourth-order valence-electron chi connectivity index (χ4n) is 4.11. The van der Waals surface area contributed by atoms with Crippen molar-refractivity contribution in [3.05, 3.63) is 65.0 Å². The van der Waals surface area contributed by atoms with E-state index < -0.39 is 0 Å². The Morgan fingerprint density at radius 3 is 2.80 bits per heavy atom. The van der Waals surface area contributed by atoms with Crippen LogP contribution < -0.4 is 10.6 Å². The monoisotopic (exact) mass is 418 g/mol. The molecule has 3 aromatic rings. The third-order valence-electron chi connectivity index (χ3n) is 5.69. The van der Waals surface area contributed by atoms with Gasteiger partial charge in [0.15, 0.2) is 0 Å². The van der Waals surface area contributed by atoms with Crippen LogP contribution in [0.1, 0.15) is 23.3 Å². The Hall–Kier alpha value is -2.83. The zero-order valence-electron chi connectivity index (χ0n) is 16.9. The summed E-state index contributed by atoms with van der Waals surface area (Å²) >= 11 is 1.74. The van der Waals surface area contributed by atoms with Gasteiger partial charge < -0.3 is 20.6 Å². The van der Waals surface area contributed by atoms with Crippen LogP contribution in [0, 0.1) is 0 Å². The first-order valence-corrected chi connectivity index (χ1v) is 11.4. The number of aliphatic imine (C=N–C) groups is 1. The van der Waals surface area contributed by atoms with Gasteiger partial charge in [0.2, 0.25) is 0 Å². The minimum absolute atomic E-state index is 0.243. The highest BCUT2D eigenvalue weighted by Gasteiger charge is 2.19. The lowest BCUT2D eigenvalue weighted by Gasteiger charge is -2.16. The minimum atomic E-state index is 0.243. The molecule has 2 aromatic carbocycles. The Bertz CT molecular complexity index is 1070. The molecule has 0 radical (unpaired) electrons. The van der Waals surface area contributed by atoms with E-state index in [9.17, 15) is 5.11 Å². The van der Waals surface area contributed by atoms with E-state index >= 15 is 0 Å². The number of thiophene rings is 1. The van der Waals surface area contributed by atoms with E-state index in [0.29, 0.717) is 6.67 Å². The fourth-order valence-corrected chi connectivity index (χ4v) is 5.20. The van der Waals surface area contributed by atoms with Crippen LogP contribution in [-0.4, -0.2) is 42.1 Å². The first-order valence-electron chi connectivity index (χ1n) is 10.5. The molecule has 2 aliphatic heterocycles. The number of phenolic OH excluding ortho intramolecular Hbond substituents is 1. The summed E-state index contributed by atoms with van der Waals surface area (Å²) in [5.74, 6) is 1.09. The third kappa shape index (κ3) is 4.20. The lowest BCUT2D eigenvalue weighted by molar-refractivity contribution is 0.343. The first kappa shape index (κ1) is 19.2. The quantitative estimate of drug-likeness (QED) is 0.546. The molecule has 0 saturated carbocycles. The molecule has 0 aliphatic carbocycles. The highest BCUT2D eigenvalue weighted by atomic mass is 32.1. The summed E-state index contributed by atoms with van der Waals surface area (Å²) in [6.45, 7) is 4.19. The molecule has 5 rings (SSSR count). The van der Waals surface area contributed by atoms with E-state index in [0.717, 1.165) is 35.1 Å². The number of nitrogens with zero attached hydrogens (tertiary/aromatic N) is 2. The number of aromatic hydroxyl groups is 1. The van der Waals surface area contributed by atoms with Crippen LogP contribution in [0.15, 0.2) is 59.6 Å². The van der Waals surface area contributed by atoms with E-state index in [1.54, 1.807) is 23.5 Å². The van der Waals surface area contributed by atoms with Gasteiger partial charge in [0.05, 0.1) is 10.6 Å². The van der Waals surface area contributed by atoms with E-state index in [1.165, 1.54) is 41.9 Å². The topological polar surface area (TPSA) is 59.9 Å². The highest BCUT2D eigenvalue weighted by Crippen LogP contribution is 2.37. The number of likely N-dealkylation sites (tertiary alicyclic amines) is 1. The standard InChI is InChI=1S/C24H26N4OS/c29-20-8-4-7-19(14-20)27-24-23-21(25-16-26-24)15-22(30-23)18-6-3-5-17(13-18)9-12-28-10-1-2-11-28/h3-8,13-15,25,29H,1-2,9-12,16H2,(H,26,27). The summed E-state index contributed by atoms with van der Waals surface area (Å²) in [5.41, 5.74) is 4.59. The number of hydrogen-bond donors (Lipinski definition) is 3. The van der Waals surface area contributed by atoms with Gasteiger partial charge in [-0.05, 0) is 61.7 Å². The predicted molar refractivity (Wildman–Crippen MR) is 126 cm³/mol. The molecule has 1 aromatic heterocycles. The molecule has 0 amide bonds. The molecular formula is C24H26N4OS. The molecule has 154 valence electrons. The molecule has 30 heavy (non-hydrogen) atoms. The first-order chi connectivity index (χ1) is 14.7. The maximum Gasteiger partial charge on any atom is 0.146 e. The summed E-state index contributed by atoms with van der Waals surface area (Å²) in [6.07, 6.45) is 3.78. The second-order valence-corrected chi connectivity index (χ2v) is 8.92. The van der Waals surface area contributed by atoms with Crippen molar-refractivity contribution in [3.8, 4) is 16.2 Å². The molecule has 1 saturated heterocycles. The number of phenols is 1. The number of hydrogen-bond acceptors (Lipinski definition) is 6. The van der Waals surface area contributed by atoms with E-state index in [1.807, 2.05) is 12.1 Å². The van der Waals surface area contributed by atoms with Crippen LogP contribution in [0.2, 0.25) is 0 Å². The van der Waals surface area contributed by atoms with E-state index in [4.69, 9.17) is 0 Å². The smallest absolute Gasteiger partial charge is 0.146 e. The van der Waals surface area contributed by atoms with Gasteiger partial charge in [0.1, 0.15) is 18.3 Å². The lowest BCUT2D eigenvalue weighted by atomic mass is 10.1. The van der Waals surface area contributed by atoms with Crippen molar-refractivity contribution in [2.45, 2.75) is 19.3 Å². The van der Waals surface area contributed by atoms with Crippen LogP contribution >= 0.6 is 11.3 Å². The van der Waals surface area contributed by atoms with E-state index in [2.05, 4.69) is 50.9 Å². The van der Waals surface area contributed by atoms with Gasteiger partial charge >= 0.3 is 0 Å². The van der Waals surface area contributed by atoms with Crippen LogP contribution in [0.5, 0.6) is 5.75 Å². The van der Waals surface area contributed by atoms with Crippen molar-refractivity contribution < 1.29 is 5.11 Å². The molecule has 5 nitrogen and oxygen atoms in total. The summed E-state index contributed by atoms with van der Waals surface area (Å²) in [7, 11) is 0. The highest BCUT2D eigenvalue weighted by molar-refractivity contribution is 7.18. The summed E-state index contributed by atoms with van der Waals surface area (Å²) < 4.78 is 0. The minimum Gasteiger partial charge on any atom is -0.508 e. The molecule has 3 heterocycles. The zero-order chi connectivity index (χ0) is 20.3. The van der Waals surface area contributed by atoms with Crippen molar-refractivity contribution in [2.75, 3.05) is 36.9 Å². The lowest BCUT2D eigenvalue weighted by Crippen LogP contribution is -2.21. The SMILES string of the molecule is Oc1cccc(NC2=NCNc3cc(-c4cccc(CCN5CCCC5)c4)sc32)c1. The van der Waals surface area contributed by atoms with Crippen molar-refractivity contribution in [3.63, 3.8) is 0 Å². The average molecular weight is 419 g/mol. The van der Waals surface area contributed by atoms with Crippen molar-refractivity contribution in [1.29, 1.82) is 0 Å². The molecule has 0 atom stereocenters. The molecule has 1 fully saturated rings. The summed E-state index contributed by atoms with van der Waals surface area (Å²) in [5, 5.41) is 16.5. The second-order valence-electron chi connectivity index (χ2n) is 7.87. The van der Waals surface area contributed by atoms with Crippen molar-refractivity contribution in [2.24, 2.45) is 4.99 Å². The van der Waals surface area contributed by atoms with Crippen LogP contribution in [-0.2, 0) is 6.42 Å². The summed E-state index contributed by atoms with van der Waals surface area (Å²) in [6, 6.07) is 18.3. The Morgan fingerprint density at radius 1 is 1.07 bits per heavy atom. The van der Waals surface area contributed by atoms with Crippen molar-refractivity contribution >= 4 is 28.5 Å². The number of nitrogens with one attached hydrogen (secondary N) is 2. The molecular weight excluding hydrogens is 392 g/mol. The molecule has 2 aliphatic rings. The second kappa shape index (κ2) is 8.50. The number of rotatable bonds is 5. The molecule has 6 heteroatoms. The average Bonchev–Trinajstić information content (AvgIpc) is 3.43. The zero-order valence-corrected chi connectivity index (χ0v) is 17.7. The molecule has 0 unspecified atom stereocenters. The predicted octanol–water partition coefficient (Wildman–Crippen LogP) is 5.00. The maximum absolute atomic E-state index is 9.74. The van der Waals surface area contributed by atoms with Gasteiger partial charge in [0, 0.05) is 23.2 Å². The maximum atomic E-state index is 9.74. The summed E-state index contributed by atoms with van der Waals surface area (Å²) in [4.78, 5) is 9.52. The van der Waals surface area contributed by atoms with Gasteiger partial charge in [0.25, 0.3) is 0 Å². The Morgan fingerprint density at radius 2 is 1.93 bits per heavy atom. The number of fused-ring (bicyclic) bond motifs is 1. The number of amidine groups is 1. The normalized spacial score (nSPS) is 16.1. The van der Waals surface area contributed by atoms with Gasteiger partial charge in [-0.25, -0.2) is 4.99 Å². The van der Waals surface area contributed by atoms with Gasteiger partial charge in [-0.15, -0.1) is 11.3 Å². The van der Waals surface area contributed by atoms with Crippen LogP contribution in [0.25, 0.3) is 10.4 Å².